The van der Waals surface area contributed by atoms with Crippen molar-refractivity contribution in [1.29, 1.82) is 0 Å². The monoisotopic (exact) mass is 490 g/mol. The molecule has 2 fully saturated rings. The average Bonchev–Trinajstić information content (AvgIpc) is 3.34. The molecule has 1 saturated heterocycles. The van der Waals surface area contributed by atoms with Crippen molar-refractivity contribution in [1.82, 2.24) is 14.9 Å². The maximum atomic E-state index is 14.5. The first-order valence-electron chi connectivity index (χ1n) is 11.0. The molecule has 2 aromatic carbocycles. The molecule has 0 bridgehead atoms. The van der Waals surface area contributed by atoms with Crippen molar-refractivity contribution < 1.29 is 13.9 Å². The van der Waals surface area contributed by atoms with Crippen LogP contribution in [0.1, 0.15) is 12.8 Å². The number of ether oxygens (including phenoxy) is 2. The van der Waals surface area contributed by atoms with Crippen molar-refractivity contribution in [2.24, 2.45) is 17.8 Å². The largest absolute Gasteiger partial charge is 0.493 e. The second-order valence-electron chi connectivity index (χ2n) is 8.98. The molecule has 2 heterocycles. The number of hydrogen-bond acceptors (Lipinski definition) is 6. The van der Waals surface area contributed by atoms with Gasteiger partial charge >= 0.3 is 0 Å². The lowest BCUT2D eigenvalue weighted by molar-refractivity contribution is 0.227. The van der Waals surface area contributed by atoms with Crippen LogP contribution in [-0.4, -0.2) is 48.7 Å². The summed E-state index contributed by atoms with van der Waals surface area (Å²) in [5, 5.41) is 3.66. The summed E-state index contributed by atoms with van der Waals surface area (Å²) in [5.41, 5.74) is 0.829. The first-order chi connectivity index (χ1) is 15.9. The number of hydrogen-bond donors (Lipinski definition) is 1. The number of methoxy groups -OCH3 is 1. The van der Waals surface area contributed by atoms with E-state index < -0.39 is 5.82 Å². The summed E-state index contributed by atoms with van der Waals surface area (Å²) in [6.45, 7) is 3.03. The fraction of sp³-hybridized carbons (Fsp3) is 0.417. The molecule has 9 heteroatoms. The molecular weight excluding hydrogens is 466 g/mol. The van der Waals surface area contributed by atoms with Gasteiger partial charge in [-0.3, -0.25) is 0 Å². The van der Waals surface area contributed by atoms with Gasteiger partial charge in [-0.05, 0) is 55.8 Å². The molecule has 1 N–H and O–H groups in total. The summed E-state index contributed by atoms with van der Waals surface area (Å²) in [6, 6.07) is 6.69. The minimum atomic E-state index is -0.643. The van der Waals surface area contributed by atoms with Gasteiger partial charge in [0, 0.05) is 24.5 Å². The Bertz CT molecular complexity index is 1180. The third-order valence-electron chi connectivity index (χ3n) is 6.71. The Labute approximate surface area is 202 Å². The number of nitrogens with one attached hydrogen (secondary N) is 1. The van der Waals surface area contributed by atoms with Gasteiger partial charge < -0.3 is 19.7 Å². The zero-order chi connectivity index (χ0) is 23.1. The van der Waals surface area contributed by atoms with Crippen molar-refractivity contribution in [3.8, 4) is 11.5 Å². The predicted octanol–water partition coefficient (Wildman–Crippen LogP) is 5.79. The van der Waals surface area contributed by atoms with E-state index in [9.17, 15) is 4.39 Å². The quantitative estimate of drug-likeness (QED) is 0.441. The van der Waals surface area contributed by atoms with E-state index >= 15 is 0 Å². The van der Waals surface area contributed by atoms with Crippen LogP contribution in [0.3, 0.4) is 0 Å². The standard InChI is InChI=1S/C24H25Cl2FN4O2/c1-31-9-14-5-13(6-15(14)10-31)11-33-21-8-19-16(7-20(21)32-2)24(29-12-28-19)30-18-4-3-17(25)22(26)23(18)27/h3-4,7-8,12-15H,5-6,9-11H2,1-2H3,(H,28,29,30)/t14-,15-/m1/s1. The van der Waals surface area contributed by atoms with Gasteiger partial charge in [0.2, 0.25) is 0 Å². The predicted molar refractivity (Wildman–Crippen MR) is 128 cm³/mol. The van der Waals surface area contributed by atoms with E-state index in [1.54, 1.807) is 13.2 Å². The van der Waals surface area contributed by atoms with E-state index in [2.05, 4.69) is 27.2 Å². The zero-order valence-electron chi connectivity index (χ0n) is 18.4. The van der Waals surface area contributed by atoms with Crippen molar-refractivity contribution in [3.63, 3.8) is 0 Å². The van der Waals surface area contributed by atoms with Crippen molar-refractivity contribution >= 4 is 45.6 Å². The number of benzene rings is 2. The summed E-state index contributed by atoms with van der Waals surface area (Å²) in [6.07, 6.45) is 3.83. The van der Waals surface area contributed by atoms with Crippen LogP contribution in [0.2, 0.25) is 10.0 Å². The molecule has 3 aromatic rings. The van der Waals surface area contributed by atoms with Crippen LogP contribution in [0.25, 0.3) is 10.9 Å². The van der Waals surface area contributed by atoms with Crippen LogP contribution in [0, 0.1) is 23.6 Å². The number of likely N-dealkylation sites (tertiary alicyclic amines) is 1. The molecule has 174 valence electrons. The van der Waals surface area contributed by atoms with E-state index in [0.717, 1.165) is 11.8 Å². The first-order valence-corrected chi connectivity index (χ1v) is 11.7. The number of aromatic nitrogens is 2. The molecule has 2 atom stereocenters. The lowest BCUT2D eigenvalue weighted by atomic mass is 10.0. The van der Waals surface area contributed by atoms with Gasteiger partial charge in [-0.1, -0.05) is 23.2 Å². The number of nitrogens with zero attached hydrogens (tertiary/aromatic N) is 3. The van der Waals surface area contributed by atoms with Crippen LogP contribution < -0.4 is 14.8 Å². The van der Waals surface area contributed by atoms with Crippen LogP contribution in [0.4, 0.5) is 15.9 Å². The number of anilines is 2. The molecule has 0 amide bonds. The molecule has 33 heavy (non-hydrogen) atoms. The maximum Gasteiger partial charge on any atom is 0.166 e. The third kappa shape index (κ3) is 4.42. The Morgan fingerprint density at radius 2 is 1.88 bits per heavy atom. The van der Waals surface area contributed by atoms with Gasteiger partial charge in [-0.15, -0.1) is 0 Å². The van der Waals surface area contributed by atoms with Gasteiger partial charge in [-0.25, -0.2) is 14.4 Å². The Morgan fingerprint density at radius 1 is 1.12 bits per heavy atom. The second kappa shape index (κ2) is 9.12. The highest BCUT2D eigenvalue weighted by atomic mass is 35.5. The number of halogens is 3. The Balaban J connectivity index is 1.37. The molecule has 1 aliphatic carbocycles. The molecule has 2 aliphatic rings. The summed E-state index contributed by atoms with van der Waals surface area (Å²) in [5.74, 6) is 3.12. The topological polar surface area (TPSA) is 59.5 Å². The summed E-state index contributed by atoms with van der Waals surface area (Å²) < 4.78 is 26.3. The van der Waals surface area contributed by atoms with Gasteiger partial charge in [0.25, 0.3) is 0 Å². The molecule has 0 radical (unpaired) electrons. The zero-order valence-corrected chi connectivity index (χ0v) is 20.0. The highest BCUT2D eigenvalue weighted by Crippen LogP contribution is 2.42. The SMILES string of the molecule is COc1cc2c(Nc3ccc(Cl)c(Cl)c3F)ncnc2cc1OCC1C[C@@H]2CN(C)C[C@H]2C1. The minimum Gasteiger partial charge on any atom is -0.493 e. The van der Waals surface area contributed by atoms with Crippen LogP contribution in [0.5, 0.6) is 11.5 Å². The number of rotatable bonds is 6. The summed E-state index contributed by atoms with van der Waals surface area (Å²) in [7, 11) is 3.80. The van der Waals surface area contributed by atoms with Crippen molar-refractivity contribution in [2.75, 3.05) is 39.2 Å². The van der Waals surface area contributed by atoms with E-state index in [-0.39, 0.29) is 15.7 Å². The molecule has 1 aromatic heterocycles. The van der Waals surface area contributed by atoms with E-state index in [1.807, 2.05) is 6.07 Å². The Hall–Kier alpha value is -2.35. The maximum absolute atomic E-state index is 14.5. The smallest absolute Gasteiger partial charge is 0.166 e. The van der Waals surface area contributed by atoms with Gasteiger partial charge in [-0.2, -0.15) is 0 Å². The fourth-order valence-electron chi connectivity index (χ4n) is 5.19. The summed E-state index contributed by atoms with van der Waals surface area (Å²) >= 11 is 11.8. The molecule has 1 aliphatic heterocycles. The highest BCUT2D eigenvalue weighted by Gasteiger charge is 2.39. The van der Waals surface area contributed by atoms with Crippen LogP contribution in [0.15, 0.2) is 30.6 Å². The van der Waals surface area contributed by atoms with E-state index in [0.29, 0.717) is 40.7 Å². The van der Waals surface area contributed by atoms with E-state index in [1.165, 1.54) is 44.4 Å². The molecular formula is C24H25Cl2FN4O2. The fourth-order valence-corrected chi connectivity index (χ4v) is 5.50. The Kier molecular flexibility index (Phi) is 6.20. The molecule has 0 unspecified atom stereocenters. The van der Waals surface area contributed by atoms with Crippen LogP contribution >= 0.6 is 23.2 Å². The average molecular weight is 491 g/mol. The third-order valence-corrected chi connectivity index (χ3v) is 7.50. The normalized spacial score (nSPS) is 20.9. The lowest BCUT2D eigenvalue weighted by Gasteiger charge is -2.17. The molecule has 5 rings (SSSR count). The molecule has 1 saturated carbocycles. The summed E-state index contributed by atoms with van der Waals surface area (Å²) in [4.78, 5) is 11.1. The van der Waals surface area contributed by atoms with Gasteiger partial charge in [0.05, 0.1) is 35.0 Å². The van der Waals surface area contributed by atoms with Crippen molar-refractivity contribution in [2.45, 2.75) is 12.8 Å². The second-order valence-corrected chi connectivity index (χ2v) is 9.77. The lowest BCUT2D eigenvalue weighted by Crippen LogP contribution is -2.18. The van der Waals surface area contributed by atoms with Gasteiger partial charge in [0.15, 0.2) is 17.3 Å². The molecule has 0 spiro atoms. The first kappa shape index (κ1) is 22.4. The van der Waals surface area contributed by atoms with E-state index in [4.69, 9.17) is 32.7 Å². The minimum absolute atomic E-state index is 0.143. The number of fused-ring (bicyclic) bond motifs is 2. The van der Waals surface area contributed by atoms with Crippen LogP contribution in [-0.2, 0) is 0 Å². The Morgan fingerprint density at radius 3 is 2.61 bits per heavy atom. The molecule has 6 nitrogen and oxygen atoms in total. The van der Waals surface area contributed by atoms with Gasteiger partial charge in [0.1, 0.15) is 12.1 Å². The van der Waals surface area contributed by atoms with Crippen molar-refractivity contribution in [3.05, 3.63) is 46.5 Å². The highest BCUT2D eigenvalue weighted by molar-refractivity contribution is 6.42.